The normalized spacial score (nSPS) is 25.6. The van der Waals surface area contributed by atoms with Gasteiger partial charge in [-0.15, -0.1) is 0 Å². The third-order valence-corrected chi connectivity index (χ3v) is 3.96. The summed E-state index contributed by atoms with van der Waals surface area (Å²) in [6.45, 7) is 1.42. The highest BCUT2D eigenvalue weighted by atomic mass is 16.5. The van der Waals surface area contributed by atoms with Crippen molar-refractivity contribution < 1.29 is 14.3 Å². The molecule has 1 aliphatic rings. The van der Waals surface area contributed by atoms with Crippen molar-refractivity contribution in [3.05, 3.63) is 29.8 Å². The van der Waals surface area contributed by atoms with Crippen molar-refractivity contribution in [2.24, 2.45) is 0 Å². The van der Waals surface area contributed by atoms with Gasteiger partial charge in [-0.1, -0.05) is 12.1 Å². The Hall–Kier alpha value is -2.02. The molecule has 4 heteroatoms. The number of benzene rings is 1. The Balaban J connectivity index is 2.16. The van der Waals surface area contributed by atoms with Gasteiger partial charge in [0.2, 0.25) is 0 Å². The van der Waals surface area contributed by atoms with Crippen molar-refractivity contribution in [1.29, 1.82) is 5.26 Å². The van der Waals surface area contributed by atoms with Crippen LogP contribution < -0.4 is 4.74 Å². The number of nitrogens with zero attached hydrogens (tertiary/aromatic N) is 1. The number of carbonyl (C=O) groups is 1. The number of methoxy groups -OCH3 is 1. The molecule has 0 saturated heterocycles. The van der Waals surface area contributed by atoms with Crippen LogP contribution in [0.15, 0.2) is 24.3 Å². The predicted octanol–water partition coefficient (Wildman–Crippen LogP) is 2.96. The van der Waals surface area contributed by atoms with Crippen LogP contribution in [0, 0.1) is 11.3 Å². The average molecular weight is 273 g/mol. The quantitative estimate of drug-likeness (QED) is 0.794. The minimum absolute atomic E-state index is 0.0559. The summed E-state index contributed by atoms with van der Waals surface area (Å²) < 4.78 is 10.5. The van der Waals surface area contributed by atoms with E-state index in [0.29, 0.717) is 12.8 Å². The van der Waals surface area contributed by atoms with Gasteiger partial charge in [0.05, 0.1) is 18.6 Å². The first-order valence-corrected chi connectivity index (χ1v) is 6.82. The summed E-state index contributed by atoms with van der Waals surface area (Å²) in [6, 6.07) is 10.1. The number of esters is 1. The Morgan fingerprint density at radius 1 is 1.40 bits per heavy atom. The smallest absolute Gasteiger partial charge is 0.302 e. The number of hydrogen-bond donors (Lipinski definition) is 0. The highest BCUT2D eigenvalue weighted by Crippen LogP contribution is 2.40. The largest absolute Gasteiger partial charge is 0.497 e. The molecule has 0 aromatic heterocycles. The SMILES string of the molecule is COc1cccc(C2(C#N)CCC(OC(C)=O)CC2)c1. The zero-order valence-electron chi connectivity index (χ0n) is 11.9. The Bertz CT molecular complexity index is 525. The Kier molecular flexibility index (Phi) is 4.29. The standard InChI is InChI=1S/C16H19NO3/c1-12(18)20-14-6-8-16(11-17,9-7-14)13-4-3-5-15(10-13)19-2/h3-5,10,14H,6-9H2,1-2H3. The van der Waals surface area contributed by atoms with E-state index in [2.05, 4.69) is 6.07 Å². The van der Waals surface area contributed by atoms with Crippen molar-refractivity contribution in [3.63, 3.8) is 0 Å². The van der Waals surface area contributed by atoms with Crippen molar-refractivity contribution in [2.75, 3.05) is 7.11 Å². The van der Waals surface area contributed by atoms with Crippen LogP contribution in [0.3, 0.4) is 0 Å². The fourth-order valence-corrected chi connectivity index (χ4v) is 2.82. The molecular weight excluding hydrogens is 254 g/mol. The van der Waals surface area contributed by atoms with E-state index in [0.717, 1.165) is 24.2 Å². The molecule has 0 amide bonds. The van der Waals surface area contributed by atoms with Gasteiger partial charge in [0.15, 0.2) is 0 Å². The number of carbonyl (C=O) groups excluding carboxylic acids is 1. The summed E-state index contributed by atoms with van der Waals surface area (Å²) in [6.07, 6.45) is 2.80. The summed E-state index contributed by atoms with van der Waals surface area (Å²) in [4.78, 5) is 11.0. The van der Waals surface area contributed by atoms with Crippen molar-refractivity contribution in [1.82, 2.24) is 0 Å². The van der Waals surface area contributed by atoms with Gasteiger partial charge in [-0.3, -0.25) is 4.79 Å². The zero-order chi connectivity index (χ0) is 14.6. The van der Waals surface area contributed by atoms with Crippen molar-refractivity contribution in [2.45, 2.75) is 44.1 Å². The van der Waals surface area contributed by atoms with Gasteiger partial charge in [0.25, 0.3) is 0 Å². The van der Waals surface area contributed by atoms with Gasteiger partial charge in [0, 0.05) is 6.92 Å². The fourth-order valence-electron chi connectivity index (χ4n) is 2.82. The highest BCUT2D eigenvalue weighted by Gasteiger charge is 2.38. The lowest BCUT2D eigenvalue weighted by Gasteiger charge is -2.35. The number of nitriles is 1. The molecule has 1 aliphatic carbocycles. The van der Waals surface area contributed by atoms with Gasteiger partial charge in [-0.2, -0.15) is 5.26 Å². The van der Waals surface area contributed by atoms with Crippen LogP contribution in [-0.2, 0) is 14.9 Å². The molecule has 1 fully saturated rings. The van der Waals surface area contributed by atoms with Gasteiger partial charge in [-0.25, -0.2) is 0 Å². The molecule has 0 aliphatic heterocycles. The average Bonchev–Trinajstić information content (AvgIpc) is 2.48. The van der Waals surface area contributed by atoms with Gasteiger partial charge < -0.3 is 9.47 Å². The predicted molar refractivity (Wildman–Crippen MR) is 74.3 cm³/mol. The summed E-state index contributed by atoms with van der Waals surface area (Å²) in [5.41, 5.74) is 0.492. The van der Waals surface area contributed by atoms with Crippen LogP contribution in [0.2, 0.25) is 0 Å². The summed E-state index contributed by atoms with van der Waals surface area (Å²) in [7, 11) is 1.62. The van der Waals surface area contributed by atoms with Gasteiger partial charge in [0.1, 0.15) is 11.9 Å². The molecule has 0 spiro atoms. The van der Waals surface area contributed by atoms with Crippen LogP contribution in [0.25, 0.3) is 0 Å². The fraction of sp³-hybridized carbons (Fsp3) is 0.500. The second kappa shape index (κ2) is 5.96. The lowest BCUT2D eigenvalue weighted by atomic mass is 9.70. The molecule has 0 bridgehead atoms. The first kappa shape index (κ1) is 14.4. The molecule has 0 unspecified atom stereocenters. The van der Waals surface area contributed by atoms with Crippen LogP contribution in [-0.4, -0.2) is 19.2 Å². The van der Waals surface area contributed by atoms with E-state index < -0.39 is 5.41 Å². The van der Waals surface area contributed by atoms with Crippen molar-refractivity contribution in [3.8, 4) is 11.8 Å². The molecule has 0 N–H and O–H groups in total. The minimum Gasteiger partial charge on any atom is -0.497 e. The number of ether oxygens (including phenoxy) is 2. The van der Waals surface area contributed by atoms with Crippen LogP contribution >= 0.6 is 0 Å². The topological polar surface area (TPSA) is 59.3 Å². The maximum atomic E-state index is 11.0. The lowest BCUT2D eigenvalue weighted by molar-refractivity contribution is -0.148. The molecule has 106 valence electrons. The van der Waals surface area contributed by atoms with Crippen molar-refractivity contribution >= 4 is 5.97 Å². The minimum atomic E-state index is -0.495. The summed E-state index contributed by atoms with van der Waals surface area (Å²) >= 11 is 0. The Morgan fingerprint density at radius 3 is 2.65 bits per heavy atom. The zero-order valence-corrected chi connectivity index (χ0v) is 11.9. The molecule has 1 saturated carbocycles. The molecule has 4 nitrogen and oxygen atoms in total. The molecule has 20 heavy (non-hydrogen) atoms. The summed E-state index contributed by atoms with van der Waals surface area (Å²) in [5.74, 6) is 0.514. The van der Waals surface area contributed by atoms with E-state index in [1.807, 2.05) is 24.3 Å². The first-order valence-electron chi connectivity index (χ1n) is 6.82. The van der Waals surface area contributed by atoms with Gasteiger partial charge >= 0.3 is 5.97 Å². The molecule has 1 aromatic carbocycles. The maximum absolute atomic E-state index is 11.0. The molecule has 1 aromatic rings. The maximum Gasteiger partial charge on any atom is 0.302 e. The molecular formula is C16H19NO3. The second-order valence-electron chi connectivity index (χ2n) is 5.23. The molecule has 2 rings (SSSR count). The third kappa shape index (κ3) is 2.93. The van der Waals surface area contributed by atoms with E-state index in [1.54, 1.807) is 7.11 Å². The monoisotopic (exact) mass is 273 g/mol. The Labute approximate surface area is 119 Å². The van der Waals surface area contributed by atoms with E-state index in [1.165, 1.54) is 6.92 Å². The highest BCUT2D eigenvalue weighted by molar-refractivity contribution is 5.66. The second-order valence-corrected chi connectivity index (χ2v) is 5.23. The van der Waals surface area contributed by atoms with Crippen LogP contribution in [0.5, 0.6) is 5.75 Å². The Morgan fingerprint density at radius 2 is 2.10 bits per heavy atom. The van der Waals surface area contributed by atoms with Crippen LogP contribution in [0.1, 0.15) is 38.2 Å². The van der Waals surface area contributed by atoms with Crippen LogP contribution in [0.4, 0.5) is 0 Å². The lowest BCUT2D eigenvalue weighted by Crippen LogP contribution is -2.34. The number of rotatable bonds is 3. The molecule has 0 atom stereocenters. The summed E-state index contributed by atoms with van der Waals surface area (Å²) in [5, 5.41) is 9.63. The molecule has 0 radical (unpaired) electrons. The molecule has 0 heterocycles. The van der Waals surface area contributed by atoms with E-state index in [4.69, 9.17) is 9.47 Å². The van der Waals surface area contributed by atoms with E-state index >= 15 is 0 Å². The van der Waals surface area contributed by atoms with E-state index in [-0.39, 0.29) is 12.1 Å². The number of hydrogen-bond acceptors (Lipinski definition) is 4. The third-order valence-electron chi connectivity index (χ3n) is 3.96. The van der Waals surface area contributed by atoms with Gasteiger partial charge in [-0.05, 0) is 43.4 Å². The van der Waals surface area contributed by atoms with E-state index in [9.17, 15) is 10.1 Å². The first-order chi connectivity index (χ1) is 9.59.